The Hall–Kier alpha value is -3.55. The van der Waals surface area contributed by atoms with E-state index in [9.17, 15) is 19.1 Å². The number of halogens is 3. The number of aliphatic hydroxyl groups excluding tert-OH is 1. The van der Waals surface area contributed by atoms with E-state index in [4.69, 9.17) is 32.7 Å². The van der Waals surface area contributed by atoms with Gasteiger partial charge in [-0.15, -0.1) is 0 Å². The summed E-state index contributed by atoms with van der Waals surface area (Å²) in [6, 6.07) is 13.7. The fraction of sp³-hybridized carbons (Fsp3) is 0.120. The summed E-state index contributed by atoms with van der Waals surface area (Å²) in [6.45, 7) is 0. The van der Waals surface area contributed by atoms with Gasteiger partial charge in [-0.05, 0) is 60.2 Å². The van der Waals surface area contributed by atoms with Crippen molar-refractivity contribution < 1.29 is 28.6 Å². The van der Waals surface area contributed by atoms with Crippen LogP contribution in [0.4, 0.5) is 10.1 Å². The zero-order valence-corrected chi connectivity index (χ0v) is 19.5. The number of aliphatic hydroxyl groups is 1. The van der Waals surface area contributed by atoms with Gasteiger partial charge in [0, 0.05) is 16.3 Å². The molecule has 1 heterocycles. The van der Waals surface area contributed by atoms with Gasteiger partial charge >= 0.3 is 0 Å². The summed E-state index contributed by atoms with van der Waals surface area (Å²) >= 11 is 11.9. The summed E-state index contributed by atoms with van der Waals surface area (Å²) < 4.78 is 24.5. The summed E-state index contributed by atoms with van der Waals surface area (Å²) in [5.41, 5.74) is 0.779. The Morgan fingerprint density at radius 1 is 0.941 bits per heavy atom. The summed E-state index contributed by atoms with van der Waals surface area (Å²) in [5.74, 6) is -2.08. The molecule has 174 valence electrons. The molecule has 4 rings (SSSR count). The fourth-order valence-electron chi connectivity index (χ4n) is 3.84. The Balaban J connectivity index is 1.97. The van der Waals surface area contributed by atoms with Gasteiger partial charge in [0.1, 0.15) is 11.6 Å². The molecular formula is C25H18Cl2FNO5. The highest BCUT2D eigenvalue weighted by molar-refractivity contribution is 6.51. The molecule has 1 amide bonds. The number of anilines is 1. The zero-order valence-electron chi connectivity index (χ0n) is 18.0. The Morgan fingerprint density at radius 2 is 1.62 bits per heavy atom. The Kier molecular flexibility index (Phi) is 6.50. The van der Waals surface area contributed by atoms with Crippen LogP contribution in [0.1, 0.15) is 17.2 Å². The van der Waals surface area contributed by atoms with Crippen molar-refractivity contribution in [2.45, 2.75) is 6.04 Å². The van der Waals surface area contributed by atoms with Crippen molar-refractivity contribution in [2.75, 3.05) is 19.1 Å². The molecule has 1 saturated heterocycles. The number of methoxy groups -OCH3 is 2. The number of ether oxygens (including phenoxy) is 2. The minimum Gasteiger partial charge on any atom is -0.507 e. The van der Waals surface area contributed by atoms with Gasteiger partial charge in [-0.3, -0.25) is 14.5 Å². The van der Waals surface area contributed by atoms with Gasteiger partial charge in [-0.1, -0.05) is 29.3 Å². The largest absolute Gasteiger partial charge is 0.507 e. The molecular weight excluding hydrogens is 484 g/mol. The average Bonchev–Trinajstić information content (AvgIpc) is 3.10. The first-order valence-corrected chi connectivity index (χ1v) is 10.8. The molecule has 0 radical (unpaired) electrons. The van der Waals surface area contributed by atoms with Crippen LogP contribution in [-0.4, -0.2) is 31.0 Å². The van der Waals surface area contributed by atoms with E-state index >= 15 is 0 Å². The quantitative estimate of drug-likeness (QED) is 0.272. The molecule has 6 nitrogen and oxygen atoms in total. The van der Waals surface area contributed by atoms with Crippen molar-refractivity contribution in [3.8, 4) is 11.5 Å². The normalized spacial score (nSPS) is 17.2. The standard InChI is InChI=1S/C25H18Cl2FNO5/c1-33-19-10-5-14(11-20(19)34-2)22-21(23(30)13-3-6-15(26)7-4-13)24(31)25(32)29(22)16-8-9-18(28)17(27)12-16/h3-12,22,30H,1-2H3/b23-21+. The van der Waals surface area contributed by atoms with E-state index in [2.05, 4.69) is 0 Å². The lowest BCUT2D eigenvalue weighted by molar-refractivity contribution is -0.132. The van der Waals surface area contributed by atoms with Crippen LogP contribution in [0.15, 0.2) is 66.2 Å². The summed E-state index contributed by atoms with van der Waals surface area (Å²) in [7, 11) is 2.93. The SMILES string of the molecule is COc1ccc(C2/C(=C(\O)c3ccc(Cl)cc3)C(=O)C(=O)N2c2ccc(F)c(Cl)c2)cc1OC. The van der Waals surface area contributed by atoms with Gasteiger partial charge in [0.25, 0.3) is 11.7 Å². The van der Waals surface area contributed by atoms with Crippen LogP contribution in [0.5, 0.6) is 11.5 Å². The van der Waals surface area contributed by atoms with Gasteiger partial charge in [0.05, 0.1) is 30.9 Å². The first-order valence-electron chi connectivity index (χ1n) is 10.0. The molecule has 34 heavy (non-hydrogen) atoms. The molecule has 0 spiro atoms. The molecule has 1 atom stereocenters. The third-order valence-electron chi connectivity index (χ3n) is 5.47. The lowest BCUT2D eigenvalue weighted by Gasteiger charge is -2.26. The molecule has 0 bridgehead atoms. The van der Waals surface area contributed by atoms with Crippen molar-refractivity contribution in [1.82, 2.24) is 0 Å². The highest BCUT2D eigenvalue weighted by atomic mass is 35.5. The maximum atomic E-state index is 13.8. The van der Waals surface area contributed by atoms with E-state index in [1.54, 1.807) is 30.3 Å². The van der Waals surface area contributed by atoms with Gasteiger partial charge in [0.2, 0.25) is 0 Å². The van der Waals surface area contributed by atoms with Gasteiger partial charge in [-0.25, -0.2) is 4.39 Å². The van der Waals surface area contributed by atoms with Crippen LogP contribution in [0.3, 0.4) is 0 Å². The predicted molar refractivity (Wildman–Crippen MR) is 127 cm³/mol. The molecule has 9 heteroatoms. The number of amides is 1. The van der Waals surface area contributed by atoms with Crippen molar-refractivity contribution in [3.63, 3.8) is 0 Å². The van der Waals surface area contributed by atoms with E-state index in [0.717, 1.165) is 11.0 Å². The number of ketones is 1. The van der Waals surface area contributed by atoms with E-state index in [0.29, 0.717) is 27.6 Å². The molecule has 3 aromatic carbocycles. The second-order valence-electron chi connectivity index (χ2n) is 7.39. The Labute approximate surface area is 204 Å². The van der Waals surface area contributed by atoms with Crippen LogP contribution in [-0.2, 0) is 9.59 Å². The number of benzene rings is 3. The zero-order chi connectivity index (χ0) is 24.6. The van der Waals surface area contributed by atoms with Crippen molar-refractivity contribution >= 4 is 46.3 Å². The highest BCUT2D eigenvalue weighted by Gasteiger charge is 2.47. The topological polar surface area (TPSA) is 76.1 Å². The number of Topliss-reactive ketones (excluding diaryl/α,β-unsaturated/α-hetero) is 1. The first kappa shape index (κ1) is 23.6. The van der Waals surface area contributed by atoms with E-state index < -0.39 is 23.5 Å². The monoisotopic (exact) mass is 501 g/mol. The molecule has 0 saturated carbocycles. The minimum absolute atomic E-state index is 0.153. The molecule has 0 aromatic heterocycles. The summed E-state index contributed by atoms with van der Waals surface area (Å²) in [5, 5.41) is 11.3. The number of hydrogen-bond donors (Lipinski definition) is 1. The van der Waals surface area contributed by atoms with Crippen molar-refractivity contribution in [3.05, 3.63) is 93.2 Å². The van der Waals surface area contributed by atoms with Crippen LogP contribution >= 0.6 is 23.2 Å². The molecule has 1 aliphatic rings. The van der Waals surface area contributed by atoms with Crippen molar-refractivity contribution in [2.24, 2.45) is 0 Å². The predicted octanol–water partition coefficient (Wildman–Crippen LogP) is 5.78. The second-order valence-corrected chi connectivity index (χ2v) is 8.23. The van der Waals surface area contributed by atoms with Gasteiger partial charge < -0.3 is 14.6 Å². The number of rotatable bonds is 5. The maximum absolute atomic E-state index is 13.8. The maximum Gasteiger partial charge on any atom is 0.300 e. The average molecular weight is 502 g/mol. The van der Waals surface area contributed by atoms with Gasteiger partial charge in [0.15, 0.2) is 11.5 Å². The molecule has 1 unspecified atom stereocenters. The minimum atomic E-state index is -1.06. The molecule has 1 fully saturated rings. The molecule has 1 aliphatic heterocycles. The highest BCUT2D eigenvalue weighted by Crippen LogP contribution is 2.44. The van der Waals surface area contributed by atoms with Crippen molar-refractivity contribution in [1.29, 1.82) is 0 Å². The van der Waals surface area contributed by atoms with E-state index in [1.807, 2.05) is 0 Å². The van der Waals surface area contributed by atoms with Gasteiger partial charge in [-0.2, -0.15) is 0 Å². The summed E-state index contributed by atoms with van der Waals surface area (Å²) in [6.07, 6.45) is 0. The lowest BCUT2D eigenvalue weighted by Crippen LogP contribution is -2.29. The third-order valence-corrected chi connectivity index (χ3v) is 6.01. The number of carbonyl (C=O) groups is 2. The summed E-state index contributed by atoms with van der Waals surface area (Å²) in [4.78, 5) is 27.5. The van der Waals surface area contributed by atoms with E-state index in [-0.39, 0.29) is 22.0 Å². The second kappa shape index (κ2) is 9.37. The van der Waals surface area contributed by atoms with Crippen LogP contribution < -0.4 is 14.4 Å². The van der Waals surface area contributed by atoms with Crippen LogP contribution in [0, 0.1) is 5.82 Å². The lowest BCUT2D eigenvalue weighted by atomic mass is 9.94. The Bertz CT molecular complexity index is 1320. The first-order chi connectivity index (χ1) is 16.3. The number of hydrogen-bond acceptors (Lipinski definition) is 5. The number of nitrogens with zero attached hydrogens (tertiary/aromatic N) is 1. The molecule has 3 aromatic rings. The Morgan fingerprint density at radius 3 is 2.24 bits per heavy atom. The molecule has 1 N–H and O–H groups in total. The molecule has 0 aliphatic carbocycles. The van der Waals surface area contributed by atoms with E-state index in [1.165, 1.54) is 38.5 Å². The fourth-order valence-corrected chi connectivity index (χ4v) is 4.14. The van der Waals surface area contributed by atoms with Crippen LogP contribution in [0.25, 0.3) is 5.76 Å². The van der Waals surface area contributed by atoms with Crippen LogP contribution in [0.2, 0.25) is 10.0 Å². The number of carbonyl (C=O) groups excluding carboxylic acids is 2. The third kappa shape index (κ3) is 4.08. The smallest absolute Gasteiger partial charge is 0.300 e.